The maximum atomic E-state index is 15.4. The Labute approximate surface area is 484 Å². The molecule has 21 aliphatic heterocycles. The smallest absolute Gasteiger partial charge is 0.386 e. The Hall–Kier alpha value is -7.76. The Morgan fingerprint density at radius 1 is 0.207 bits per heavy atom. The lowest BCUT2D eigenvalue weighted by Crippen LogP contribution is -2.23. The second-order valence-corrected chi connectivity index (χ2v) is 28.0. The highest BCUT2D eigenvalue weighted by Gasteiger charge is 2.38. The Kier molecular flexibility index (Phi) is 14.1. The molecule has 0 spiro atoms. The van der Waals surface area contributed by atoms with Gasteiger partial charge in [0.05, 0.1) is 0 Å². The summed E-state index contributed by atoms with van der Waals surface area (Å²) in [5.74, 6) is 1.94. The van der Waals surface area contributed by atoms with Crippen LogP contribution in [0.3, 0.4) is 0 Å². The molecular formula is C72H72O8P2. The van der Waals surface area contributed by atoms with Crippen LogP contribution in [0.2, 0.25) is 0 Å². The van der Waals surface area contributed by atoms with Gasteiger partial charge >= 0.3 is 15.6 Å². The van der Waals surface area contributed by atoms with E-state index >= 15 is 9.13 Å². The molecule has 8 nitrogen and oxygen atoms in total. The third kappa shape index (κ3) is 10.8. The summed E-state index contributed by atoms with van der Waals surface area (Å²) in [6, 6.07) is 71.7. The van der Waals surface area contributed by atoms with Crippen molar-refractivity contribution in [1.82, 2.24) is 0 Å². The predicted octanol–water partition coefficient (Wildman–Crippen LogP) is 19.6. The predicted molar refractivity (Wildman–Crippen MR) is 330 cm³/mol. The minimum atomic E-state index is -4.44. The quantitative estimate of drug-likeness (QED) is 0.139. The van der Waals surface area contributed by atoms with Gasteiger partial charge in [0.2, 0.25) is 0 Å². The first-order valence-corrected chi connectivity index (χ1v) is 31.0. The Bertz CT molecular complexity index is 3250. The molecule has 0 fully saturated rings. The van der Waals surface area contributed by atoms with Crippen LogP contribution in [-0.2, 0) is 41.6 Å². The van der Waals surface area contributed by atoms with Gasteiger partial charge in [-0.1, -0.05) is 229 Å². The third-order valence-corrected chi connectivity index (χ3v) is 20.3. The van der Waals surface area contributed by atoms with Gasteiger partial charge in [-0.15, -0.1) is 0 Å². The van der Waals surface area contributed by atoms with Crippen LogP contribution in [0, 0.1) is 0 Å². The van der Waals surface area contributed by atoms with Gasteiger partial charge < -0.3 is 27.1 Å². The molecule has 10 heteroatoms. The zero-order chi connectivity index (χ0) is 58.1. The summed E-state index contributed by atoms with van der Waals surface area (Å²) < 4.78 is 69.2. The normalized spacial score (nSPS) is 20.8. The number of hydrogen-bond acceptors (Lipinski definition) is 8. The molecule has 0 N–H and O–H groups in total. The molecule has 30 rings (SSSR count). The third-order valence-electron chi connectivity index (χ3n) is 17.7. The second kappa shape index (κ2) is 20.6. The molecule has 0 saturated carbocycles. The van der Waals surface area contributed by atoms with E-state index in [9.17, 15) is 0 Å². The average Bonchev–Trinajstić information content (AvgIpc) is 3.46. The standard InChI is InChI=1S/C72H72O8P2/c1-67(2)49-22-34-61(35-23-49)75-81(73)76-63-38-26-51(27-39-63)69(5,6)57-18-14-20-59(47-57)71(9,10)53-30-42-65(43-31-53)79-82(74,78-62-36-24-50(25-37-62)68(3,4)56-17-13-16-55(67)46-56)80-66-44-32-54(33-45-66)72(11,12)60-21-15-19-58(48-60)70(7,8)52-28-40-64(77-81)41-29-52/h13-48H,1-12H3. The van der Waals surface area contributed by atoms with E-state index in [0.717, 1.165) is 66.8 Å². The Morgan fingerprint density at radius 2 is 0.341 bits per heavy atom. The van der Waals surface area contributed by atoms with Crippen molar-refractivity contribution in [2.75, 3.05) is 0 Å². The average molecular weight is 1130 g/mol. The van der Waals surface area contributed by atoms with Crippen LogP contribution in [0.4, 0.5) is 0 Å². The monoisotopic (exact) mass is 1130 g/mol. The van der Waals surface area contributed by atoms with E-state index in [1.165, 1.54) is 0 Å². The van der Waals surface area contributed by atoms with E-state index in [2.05, 4.69) is 156 Å². The van der Waals surface area contributed by atoms with Crippen LogP contribution in [0.25, 0.3) is 0 Å². The van der Waals surface area contributed by atoms with Gasteiger partial charge in [0.25, 0.3) is 0 Å². The van der Waals surface area contributed by atoms with Crippen LogP contribution >= 0.6 is 15.6 Å². The van der Waals surface area contributed by atoms with Crippen molar-refractivity contribution >= 4 is 15.6 Å². The summed E-state index contributed by atoms with van der Waals surface area (Å²) >= 11 is 0. The first-order valence-electron chi connectivity index (χ1n) is 28.1. The molecule has 0 saturated heterocycles. The summed E-state index contributed by atoms with van der Waals surface area (Å²) in [6.07, 6.45) is 0. The van der Waals surface area contributed by atoms with Crippen molar-refractivity contribution in [1.29, 1.82) is 0 Å². The van der Waals surface area contributed by atoms with Crippen molar-refractivity contribution in [3.63, 3.8) is 0 Å². The lowest BCUT2D eigenvalue weighted by atomic mass is 9.73. The Morgan fingerprint density at radius 3 is 0.476 bits per heavy atom. The van der Waals surface area contributed by atoms with Crippen LogP contribution in [0.15, 0.2) is 218 Å². The van der Waals surface area contributed by atoms with Gasteiger partial charge in [0.15, 0.2) is 0 Å². The molecule has 0 atom stereocenters. The molecule has 21 heterocycles. The van der Waals surface area contributed by atoms with Crippen molar-refractivity contribution in [3.05, 3.63) is 285 Å². The Balaban J connectivity index is 1.08. The fourth-order valence-electron chi connectivity index (χ4n) is 11.4. The van der Waals surface area contributed by atoms with Crippen LogP contribution in [-0.4, -0.2) is 0 Å². The SMILES string of the molecule is CC1(C)c2ccc(cc2)OP2(=O)Oc3ccc(cc3)C(C)(C)c3cccc(c3)C(C)(C)c3ccc(cc3)OP(=O)(Oc3ccc(cc3)C(C)(C)c3cccc1c3)Oc1ccc(cc1)C(C)(C)c1cccc(c1)C(C)(C)c1ccc(cc1)O2. The molecule has 418 valence electrons. The molecule has 82 heavy (non-hydrogen) atoms. The highest BCUT2D eigenvalue weighted by molar-refractivity contribution is 7.50. The van der Waals surface area contributed by atoms with Gasteiger partial charge in [-0.2, -0.15) is 9.13 Å². The fourth-order valence-corrected chi connectivity index (χ4v) is 13.9. The number of rotatable bonds is 0. The van der Waals surface area contributed by atoms with Crippen molar-refractivity contribution in [2.24, 2.45) is 0 Å². The van der Waals surface area contributed by atoms with E-state index in [4.69, 9.17) is 27.1 Å². The van der Waals surface area contributed by atoms with E-state index in [1.54, 1.807) is 0 Å². The van der Waals surface area contributed by atoms with Crippen LogP contribution in [0.5, 0.6) is 34.5 Å². The highest BCUT2D eigenvalue weighted by Crippen LogP contribution is 2.53. The van der Waals surface area contributed by atoms with Gasteiger partial charge in [-0.25, -0.2) is 0 Å². The number of phosphoric ester groups is 2. The van der Waals surface area contributed by atoms with Crippen LogP contribution < -0.4 is 27.1 Å². The summed E-state index contributed by atoms with van der Waals surface area (Å²) in [5, 5.41) is 0. The summed E-state index contributed by atoms with van der Waals surface area (Å²) in [4.78, 5) is 0. The minimum absolute atomic E-state index is 0.324. The van der Waals surface area contributed by atoms with E-state index in [1.807, 2.05) is 146 Å². The van der Waals surface area contributed by atoms with Crippen molar-refractivity contribution in [2.45, 2.75) is 116 Å². The lowest BCUT2D eigenvalue weighted by Gasteiger charge is -2.31. The van der Waals surface area contributed by atoms with E-state index in [-0.39, 0.29) is 0 Å². The van der Waals surface area contributed by atoms with Gasteiger partial charge in [0.1, 0.15) is 34.5 Å². The van der Waals surface area contributed by atoms with Gasteiger partial charge in [0, 0.05) is 32.5 Å². The van der Waals surface area contributed by atoms with E-state index < -0.39 is 48.1 Å². The van der Waals surface area contributed by atoms with Gasteiger partial charge in [-0.05, 0) is 140 Å². The number of benzene rings is 9. The summed E-state index contributed by atoms with van der Waals surface area (Å²) in [7, 11) is -8.87. The topological polar surface area (TPSA) is 89.5 Å². The lowest BCUT2D eigenvalue weighted by molar-refractivity contribution is 0.296. The molecule has 9 aromatic rings. The number of hydrogen-bond donors (Lipinski definition) is 0. The van der Waals surface area contributed by atoms with E-state index in [0.29, 0.717) is 34.5 Å². The van der Waals surface area contributed by atoms with Gasteiger partial charge in [-0.3, -0.25) is 0 Å². The number of phosphoric acid groups is 2. The first-order chi connectivity index (χ1) is 38.7. The molecule has 0 aliphatic carbocycles. The maximum absolute atomic E-state index is 15.4. The summed E-state index contributed by atoms with van der Waals surface area (Å²) in [5.41, 5.74) is 9.95. The second-order valence-electron chi connectivity index (χ2n) is 25.1. The van der Waals surface area contributed by atoms with Crippen molar-refractivity contribution in [3.8, 4) is 34.5 Å². The molecule has 0 unspecified atom stereocenters. The largest absolute Gasteiger partial charge is 0.647 e. The first kappa shape index (κ1) is 56.1. The minimum Gasteiger partial charge on any atom is -0.386 e. The molecule has 0 aromatic heterocycles. The van der Waals surface area contributed by atoms with Crippen LogP contribution in [0.1, 0.15) is 150 Å². The van der Waals surface area contributed by atoms with Crippen molar-refractivity contribution < 1.29 is 36.3 Å². The maximum Gasteiger partial charge on any atom is 0.647 e. The fraction of sp³-hybridized carbons (Fsp3) is 0.250. The zero-order valence-corrected chi connectivity index (χ0v) is 50.7. The molecule has 0 amide bonds. The molecule has 0 radical (unpaired) electrons. The molecule has 9 aromatic carbocycles. The zero-order valence-electron chi connectivity index (χ0n) is 48.9. The molecular weight excluding hydrogens is 1050 g/mol. The molecule has 20 bridgehead atoms. The molecule has 21 aliphatic rings. The highest BCUT2D eigenvalue weighted by atomic mass is 31.2. The summed E-state index contributed by atoms with van der Waals surface area (Å²) in [6.45, 7) is 26.2.